The van der Waals surface area contributed by atoms with Crippen molar-refractivity contribution in [3.63, 3.8) is 0 Å². The third-order valence-corrected chi connectivity index (χ3v) is 8.32. The third kappa shape index (κ3) is 7.49. The first-order valence-corrected chi connectivity index (χ1v) is 14.6. The van der Waals surface area contributed by atoms with Crippen molar-refractivity contribution in [1.29, 1.82) is 0 Å². The molecule has 0 bridgehead atoms. The second kappa shape index (κ2) is 13.1. The Morgan fingerprint density at radius 1 is 0.978 bits per heavy atom. The first-order chi connectivity index (χ1) is 21.1. The van der Waals surface area contributed by atoms with E-state index in [9.17, 15) is 44.5 Å². The van der Waals surface area contributed by atoms with Crippen molar-refractivity contribution in [3.8, 4) is 0 Å². The Balaban J connectivity index is 1.46. The van der Waals surface area contributed by atoms with Gasteiger partial charge >= 0.3 is 18.0 Å². The van der Waals surface area contributed by atoms with Gasteiger partial charge in [-0.2, -0.15) is 11.8 Å². The van der Waals surface area contributed by atoms with Crippen molar-refractivity contribution in [3.05, 3.63) is 79.9 Å². The van der Waals surface area contributed by atoms with E-state index in [1.165, 1.54) is 48.5 Å². The zero-order valence-corrected chi connectivity index (χ0v) is 25.2. The number of nitrogens with zero attached hydrogens (tertiary/aromatic N) is 3. The zero-order chi connectivity index (χ0) is 33.1. The molecule has 45 heavy (non-hydrogen) atoms. The highest BCUT2D eigenvalue weighted by Crippen LogP contribution is 2.44. The van der Waals surface area contributed by atoms with Crippen LogP contribution < -0.4 is 5.32 Å². The van der Waals surface area contributed by atoms with Gasteiger partial charge in [0.15, 0.2) is 0 Å². The van der Waals surface area contributed by atoms with Crippen LogP contribution in [0.4, 0.5) is 16.2 Å². The van der Waals surface area contributed by atoms with Gasteiger partial charge < -0.3 is 24.6 Å². The number of rotatable bonds is 10. The number of nitro benzene ring substituents is 2. The number of esters is 2. The number of hydrogen-bond acceptors (Lipinski definition) is 13. The molecule has 2 aliphatic heterocycles. The number of thioether (sulfide) groups is 1. The molecule has 240 valence electrons. The van der Waals surface area contributed by atoms with Gasteiger partial charge in [0, 0.05) is 30.0 Å². The van der Waals surface area contributed by atoms with Crippen LogP contribution in [0.15, 0.2) is 48.5 Å². The summed E-state index contributed by atoms with van der Waals surface area (Å²) < 4.78 is 15.8. The smallest absolute Gasteiger partial charge is 0.408 e. The number of carbonyl (C=O) groups excluding carboxylic acids is 4. The van der Waals surface area contributed by atoms with Crippen LogP contribution in [0.3, 0.4) is 0 Å². The molecule has 2 heterocycles. The highest BCUT2D eigenvalue weighted by atomic mass is 32.2. The maximum absolute atomic E-state index is 13.4. The Morgan fingerprint density at radius 3 is 1.98 bits per heavy atom. The molecule has 2 amide bonds. The molecule has 4 atom stereocenters. The zero-order valence-electron chi connectivity index (χ0n) is 24.4. The molecule has 2 unspecified atom stereocenters. The molecule has 2 fully saturated rings. The minimum atomic E-state index is -2.62. The van der Waals surface area contributed by atoms with Crippen molar-refractivity contribution in [2.75, 3.05) is 5.75 Å². The fraction of sp³-hybridized carbons (Fsp3) is 0.429. The molecule has 0 radical (unpaired) electrons. The van der Waals surface area contributed by atoms with E-state index in [4.69, 9.17) is 14.2 Å². The minimum Gasteiger partial charge on any atom is -0.460 e. The van der Waals surface area contributed by atoms with Gasteiger partial charge in [-0.05, 0) is 56.2 Å². The molecule has 0 spiro atoms. The predicted octanol–water partition coefficient (Wildman–Crippen LogP) is 2.59. The number of ether oxygens (including phenoxy) is 3. The van der Waals surface area contributed by atoms with E-state index >= 15 is 0 Å². The maximum atomic E-state index is 13.4. The molecule has 2 aromatic rings. The molecule has 2 aliphatic rings. The van der Waals surface area contributed by atoms with E-state index in [2.05, 4.69) is 5.32 Å². The van der Waals surface area contributed by atoms with Crippen molar-refractivity contribution in [2.45, 2.75) is 69.1 Å². The number of nitrogens with one attached hydrogen (secondary N) is 1. The lowest BCUT2D eigenvalue weighted by Gasteiger charge is -2.58. The fourth-order valence-electron chi connectivity index (χ4n) is 4.75. The molecular weight excluding hydrogens is 616 g/mol. The Labute approximate surface area is 260 Å². The number of β-lactam (4-membered cyclic amide) rings is 1. The first-order valence-electron chi connectivity index (χ1n) is 13.6. The van der Waals surface area contributed by atoms with Gasteiger partial charge in [-0.25, -0.2) is 9.59 Å². The lowest BCUT2D eigenvalue weighted by Crippen LogP contribution is -2.83. The molecule has 2 N–H and O–H groups in total. The van der Waals surface area contributed by atoms with E-state index in [0.29, 0.717) is 11.1 Å². The second-order valence-electron chi connectivity index (χ2n) is 11.2. The van der Waals surface area contributed by atoms with Crippen LogP contribution in [0.1, 0.15) is 38.3 Å². The number of non-ortho nitro benzene ring substituents is 2. The fourth-order valence-corrected chi connectivity index (χ4v) is 6.21. The van der Waals surface area contributed by atoms with Crippen LogP contribution >= 0.6 is 11.8 Å². The van der Waals surface area contributed by atoms with Gasteiger partial charge in [0.2, 0.25) is 0 Å². The van der Waals surface area contributed by atoms with E-state index < -0.39 is 75.5 Å². The normalized spacial score (nSPS) is 22.4. The van der Waals surface area contributed by atoms with Crippen molar-refractivity contribution < 1.29 is 48.3 Å². The molecule has 17 heteroatoms. The van der Waals surface area contributed by atoms with Crippen LogP contribution in [0.25, 0.3) is 0 Å². The first kappa shape index (κ1) is 33.1. The second-order valence-corrected chi connectivity index (χ2v) is 12.5. The van der Waals surface area contributed by atoms with E-state index in [1.807, 2.05) is 0 Å². The molecule has 16 nitrogen and oxygen atoms in total. The summed E-state index contributed by atoms with van der Waals surface area (Å²) in [6, 6.07) is 8.43. The van der Waals surface area contributed by atoms with Crippen LogP contribution in [0.2, 0.25) is 0 Å². The predicted molar refractivity (Wildman–Crippen MR) is 155 cm³/mol. The number of aliphatic hydroxyl groups is 1. The maximum Gasteiger partial charge on any atom is 0.408 e. The number of carbonyl (C=O) groups is 4. The minimum absolute atomic E-state index is 0.129. The number of nitro groups is 2. The van der Waals surface area contributed by atoms with Crippen molar-refractivity contribution >= 4 is 47.1 Å². The number of benzene rings is 2. The summed E-state index contributed by atoms with van der Waals surface area (Å²) in [5.74, 6) is -2.65. The Morgan fingerprint density at radius 2 is 1.49 bits per heavy atom. The van der Waals surface area contributed by atoms with E-state index in [1.54, 1.807) is 20.8 Å². The van der Waals surface area contributed by atoms with Gasteiger partial charge in [0.1, 0.15) is 24.9 Å². The van der Waals surface area contributed by atoms with Gasteiger partial charge in [-0.15, -0.1) is 0 Å². The number of amides is 2. The van der Waals surface area contributed by atoms with Crippen LogP contribution in [0, 0.1) is 20.2 Å². The van der Waals surface area contributed by atoms with Gasteiger partial charge in [0.05, 0.1) is 27.6 Å². The Bertz CT molecular complexity index is 1490. The SMILES string of the molecule is CC(C)(C)OC(=O)CC1SC[C@@H]2[C@H](NC(=O)OCc3ccc([N+](=O)[O-])cc3)C(=O)N2C1(O)C(=O)OCc1ccc([N+](=O)[O-])cc1. The van der Waals surface area contributed by atoms with Crippen LogP contribution in [-0.4, -0.2) is 78.2 Å². The summed E-state index contributed by atoms with van der Waals surface area (Å²) in [6.45, 7) is 4.30. The summed E-state index contributed by atoms with van der Waals surface area (Å²) >= 11 is 1.02. The molecule has 0 aliphatic carbocycles. The molecule has 0 saturated carbocycles. The number of alkyl carbamates (subject to hydrolysis) is 1. The summed E-state index contributed by atoms with van der Waals surface area (Å²) in [5, 5.41) is 34.8. The summed E-state index contributed by atoms with van der Waals surface area (Å²) in [4.78, 5) is 73.4. The van der Waals surface area contributed by atoms with Crippen molar-refractivity contribution in [1.82, 2.24) is 10.2 Å². The Kier molecular flexibility index (Phi) is 9.62. The highest BCUT2D eigenvalue weighted by molar-refractivity contribution is 8.00. The standard InChI is InChI=1S/C28H30N4O12S/c1-27(2,3)44-22(33)12-21-28(37,25(35)42-13-16-4-8-18(9-5-16)31(38)39)30-20(15-45-21)23(24(30)34)29-26(36)43-14-17-6-10-19(11-7-17)32(40)41/h4-11,20-21,23,37H,12-15H2,1-3H3,(H,29,36)/t20-,21?,23+,28?/m1/s1. The van der Waals surface area contributed by atoms with Crippen LogP contribution in [-0.2, 0) is 41.8 Å². The molecular formula is C28H30N4O12S. The van der Waals surface area contributed by atoms with Gasteiger partial charge in [-0.3, -0.25) is 34.7 Å². The summed E-state index contributed by atoms with van der Waals surface area (Å²) in [6.07, 6.45) is -1.42. The summed E-state index contributed by atoms with van der Waals surface area (Å²) in [7, 11) is 0. The average Bonchev–Trinajstić information content (AvgIpc) is 2.97. The molecule has 2 aromatic carbocycles. The van der Waals surface area contributed by atoms with Crippen LogP contribution in [0.5, 0.6) is 0 Å². The molecule has 4 rings (SSSR count). The average molecular weight is 647 g/mol. The number of fused-ring (bicyclic) bond motifs is 1. The lowest BCUT2D eigenvalue weighted by molar-refractivity contribution is -0.385. The quantitative estimate of drug-likeness (QED) is 0.125. The van der Waals surface area contributed by atoms with Crippen molar-refractivity contribution in [2.24, 2.45) is 0 Å². The topological polar surface area (TPSA) is 218 Å². The Hall–Kier alpha value is -4.77. The lowest BCUT2D eigenvalue weighted by atomic mass is 9.89. The number of hydrogen-bond donors (Lipinski definition) is 2. The largest absolute Gasteiger partial charge is 0.460 e. The molecule has 2 saturated heterocycles. The summed E-state index contributed by atoms with van der Waals surface area (Å²) in [5.41, 5.74) is -2.97. The monoisotopic (exact) mass is 646 g/mol. The van der Waals surface area contributed by atoms with Gasteiger partial charge in [0.25, 0.3) is 23.0 Å². The van der Waals surface area contributed by atoms with E-state index in [0.717, 1.165) is 16.7 Å². The third-order valence-electron chi connectivity index (χ3n) is 6.88. The van der Waals surface area contributed by atoms with E-state index in [-0.39, 0.29) is 23.7 Å². The highest BCUT2D eigenvalue weighted by Gasteiger charge is 2.66. The van der Waals surface area contributed by atoms with Gasteiger partial charge in [-0.1, -0.05) is 0 Å². The molecule has 0 aromatic heterocycles.